The topological polar surface area (TPSA) is 76.3 Å². The van der Waals surface area contributed by atoms with Gasteiger partial charge in [-0.25, -0.2) is 15.0 Å². The number of ether oxygens (including phenoxy) is 1. The molecule has 0 spiro atoms. The van der Waals surface area contributed by atoms with E-state index in [1.54, 1.807) is 24.9 Å². The Balaban J connectivity index is 1.53. The van der Waals surface area contributed by atoms with E-state index < -0.39 is 0 Å². The maximum absolute atomic E-state index is 5.67. The third-order valence-corrected chi connectivity index (χ3v) is 4.10. The van der Waals surface area contributed by atoms with E-state index in [2.05, 4.69) is 25.2 Å². The standard InChI is InChI=1S/C18H19N5O2/c1-2-6-19-16(3-1)21-17-4-7-20-18(22-17)15-13-25-10-8-23(15)11-14-5-9-24-12-14/h1-7,9,12,15H,8,10-11,13H2,(H,19,20,21,22)/t15-/m1/s1. The molecule has 1 aliphatic rings. The molecule has 0 radical (unpaired) electrons. The summed E-state index contributed by atoms with van der Waals surface area (Å²) in [5, 5.41) is 3.21. The lowest BCUT2D eigenvalue weighted by molar-refractivity contribution is -0.0159. The molecule has 0 aliphatic carbocycles. The maximum atomic E-state index is 5.67. The van der Waals surface area contributed by atoms with Gasteiger partial charge in [-0.1, -0.05) is 6.07 Å². The molecule has 4 rings (SSSR count). The van der Waals surface area contributed by atoms with Crippen molar-refractivity contribution in [3.8, 4) is 0 Å². The number of morpholine rings is 1. The molecule has 7 heteroatoms. The van der Waals surface area contributed by atoms with Gasteiger partial charge in [0.2, 0.25) is 0 Å². The minimum absolute atomic E-state index is 0.00846. The van der Waals surface area contributed by atoms with E-state index in [0.717, 1.165) is 36.1 Å². The Bertz CT molecular complexity index is 794. The molecule has 4 heterocycles. The van der Waals surface area contributed by atoms with E-state index in [1.165, 1.54) is 0 Å². The van der Waals surface area contributed by atoms with Crippen molar-refractivity contribution in [1.82, 2.24) is 19.9 Å². The summed E-state index contributed by atoms with van der Waals surface area (Å²) in [6, 6.07) is 9.53. The van der Waals surface area contributed by atoms with Gasteiger partial charge in [0.25, 0.3) is 0 Å². The highest BCUT2D eigenvalue weighted by Gasteiger charge is 2.27. The Morgan fingerprint density at radius 2 is 2.12 bits per heavy atom. The summed E-state index contributed by atoms with van der Waals surface area (Å²) in [5.74, 6) is 2.21. The van der Waals surface area contributed by atoms with Gasteiger partial charge in [0.05, 0.1) is 31.8 Å². The summed E-state index contributed by atoms with van der Waals surface area (Å²) in [5.41, 5.74) is 1.13. The van der Waals surface area contributed by atoms with Crippen LogP contribution in [0.2, 0.25) is 0 Å². The predicted molar refractivity (Wildman–Crippen MR) is 92.2 cm³/mol. The summed E-state index contributed by atoms with van der Waals surface area (Å²) in [6.07, 6.45) is 6.97. The van der Waals surface area contributed by atoms with Gasteiger partial charge in [0.1, 0.15) is 17.5 Å². The largest absolute Gasteiger partial charge is 0.472 e. The zero-order valence-electron chi connectivity index (χ0n) is 13.7. The zero-order chi connectivity index (χ0) is 16.9. The molecule has 7 nitrogen and oxygen atoms in total. The van der Waals surface area contributed by atoms with Crippen molar-refractivity contribution in [2.75, 3.05) is 25.1 Å². The van der Waals surface area contributed by atoms with Crippen molar-refractivity contribution in [3.05, 3.63) is 66.6 Å². The Morgan fingerprint density at radius 1 is 1.12 bits per heavy atom. The molecule has 0 bridgehead atoms. The number of rotatable bonds is 5. The van der Waals surface area contributed by atoms with Gasteiger partial charge in [-0.05, 0) is 24.3 Å². The first kappa shape index (κ1) is 15.7. The third kappa shape index (κ3) is 3.84. The number of nitrogens with zero attached hydrogens (tertiary/aromatic N) is 4. The number of hydrogen-bond acceptors (Lipinski definition) is 7. The molecular weight excluding hydrogens is 318 g/mol. The average Bonchev–Trinajstić information content (AvgIpc) is 3.16. The Kier molecular flexibility index (Phi) is 4.67. The van der Waals surface area contributed by atoms with Crippen LogP contribution in [0.4, 0.5) is 11.6 Å². The molecular formula is C18H19N5O2. The lowest BCUT2D eigenvalue weighted by Crippen LogP contribution is -2.39. The summed E-state index contributed by atoms with van der Waals surface area (Å²) in [4.78, 5) is 15.7. The lowest BCUT2D eigenvalue weighted by atomic mass is 10.2. The quantitative estimate of drug-likeness (QED) is 0.767. The van der Waals surface area contributed by atoms with Gasteiger partial charge in [0, 0.05) is 31.0 Å². The lowest BCUT2D eigenvalue weighted by Gasteiger charge is -2.34. The fourth-order valence-corrected chi connectivity index (χ4v) is 2.85. The number of nitrogens with one attached hydrogen (secondary N) is 1. The fourth-order valence-electron chi connectivity index (χ4n) is 2.85. The van der Waals surface area contributed by atoms with Crippen molar-refractivity contribution in [2.24, 2.45) is 0 Å². The highest BCUT2D eigenvalue weighted by atomic mass is 16.5. The van der Waals surface area contributed by atoms with Crippen LogP contribution < -0.4 is 5.32 Å². The van der Waals surface area contributed by atoms with Crippen LogP contribution in [-0.4, -0.2) is 39.6 Å². The highest BCUT2D eigenvalue weighted by Crippen LogP contribution is 2.24. The summed E-state index contributed by atoms with van der Waals surface area (Å²) in [6.45, 7) is 2.90. The van der Waals surface area contributed by atoms with Gasteiger partial charge >= 0.3 is 0 Å². The third-order valence-electron chi connectivity index (χ3n) is 4.10. The van der Waals surface area contributed by atoms with Gasteiger partial charge in [-0.2, -0.15) is 0 Å². The molecule has 0 unspecified atom stereocenters. The maximum Gasteiger partial charge on any atom is 0.150 e. The predicted octanol–water partition coefficient (Wildman–Crippen LogP) is 2.78. The Hall–Kier alpha value is -2.77. The minimum Gasteiger partial charge on any atom is -0.472 e. The van der Waals surface area contributed by atoms with Gasteiger partial charge < -0.3 is 14.5 Å². The molecule has 1 atom stereocenters. The average molecular weight is 337 g/mol. The van der Waals surface area contributed by atoms with Crippen LogP contribution in [0.15, 0.2) is 59.7 Å². The van der Waals surface area contributed by atoms with E-state index in [0.29, 0.717) is 13.2 Å². The second-order valence-electron chi connectivity index (χ2n) is 5.83. The van der Waals surface area contributed by atoms with E-state index in [4.69, 9.17) is 9.15 Å². The smallest absolute Gasteiger partial charge is 0.150 e. The highest BCUT2D eigenvalue weighted by molar-refractivity contribution is 5.50. The van der Waals surface area contributed by atoms with E-state index >= 15 is 0 Å². The second kappa shape index (κ2) is 7.42. The van der Waals surface area contributed by atoms with Crippen LogP contribution >= 0.6 is 0 Å². The fraction of sp³-hybridized carbons (Fsp3) is 0.278. The molecule has 1 fully saturated rings. The molecule has 128 valence electrons. The Labute approximate surface area is 145 Å². The van der Waals surface area contributed by atoms with E-state index in [9.17, 15) is 0 Å². The molecule has 0 aromatic carbocycles. The van der Waals surface area contributed by atoms with Crippen molar-refractivity contribution in [2.45, 2.75) is 12.6 Å². The van der Waals surface area contributed by atoms with Gasteiger partial charge in [-0.3, -0.25) is 4.90 Å². The van der Waals surface area contributed by atoms with Gasteiger partial charge in [0.15, 0.2) is 0 Å². The number of hydrogen-bond donors (Lipinski definition) is 1. The zero-order valence-corrected chi connectivity index (χ0v) is 13.7. The summed E-state index contributed by atoms with van der Waals surface area (Å²) >= 11 is 0. The number of aromatic nitrogens is 3. The van der Waals surface area contributed by atoms with E-state index in [-0.39, 0.29) is 6.04 Å². The van der Waals surface area contributed by atoms with Crippen molar-refractivity contribution in [1.29, 1.82) is 0 Å². The van der Waals surface area contributed by atoms with Crippen LogP contribution in [-0.2, 0) is 11.3 Å². The number of pyridine rings is 1. The SMILES string of the molecule is c1ccc(Nc2ccnc([C@H]3COCCN3Cc3ccoc3)n2)nc1. The number of anilines is 2. The van der Waals surface area contributed by atoms with Crippen LogP contribution in [0, 0.1) is 0 Å². The number of furan rings is 1. The molecule has 1 N–H and O–H groups in total. The molecule has 1 saturated heterocycles. The molecule has 1 aliphatic heterocycles. The Morgan fingerprint density at radius 3 is 2.96 bits per heavy atom. The van der Waals surface area contributed by atoms with Crippen molar-refractivity contribution in [3.63, 3.8) is 0 Å². The first-order valence-electron chi connectivity index (χ1n) is 8.22. The molecule has 3 aromatic heterocycles. The molecule has 25 heavy (non-hydrogen) atoms. The molecule has 0 amide bonds. The second-order valence-corrected chi connectivity index (χ2v) is 5.83. The van der Waals surface area contributed by atoms with Crippen molar-refractivity contribution >= 4 is 11.6 Å². The first-order valence-corrected chi connectivity index (χ1v) is 8.22. The van der Waals surface area contributed by atoms with Crippen LogP contribution in [0.3, 0.4) is 0 Å². The summed E-state index contributed by atoms with van der Waals surface area (Å²) < 4.78 is 10.8. The summed E-state index contributed by atoms with van der Waals surface area (Å²) in [7, 11) is 0. The minimum atomic E-state index is 0.00846. The van der Waals surface area contributed by atoms with Crippen LogP contribution in [0.1, 0.15) is 17.4 Å². The normalized spacial score (nSPS) is 18.2. The first-order chi connectivity index (χ1) is 12.4. The molecule has 0 saturated carbocycles. The monoisotopic (exact) mass is 337 g/mol. The van der Waals surface area contributed by atoms with Gasteiger partial charge in [-0.15, -0.1) is 0 Å². The van der Waals surface area contributed by atoms with Crippen molar-refractivity contribution < 1.29 is 9.15 Å². The van der Waals surface area contributed by atoms with Crippen LogP contribution in [0.25, 0.3) is 0 Å². The van der Waals surface area contributed by atoms with Crippen LogP contribution in [0.5, 0.6) is 0 Å². The molecule has 3 aromatic rings. The van der Waals surface area contributed by atoms with E-state index in [1.807, 2.05) is 30.3 Å².